The highest BCUT2D eigenvalue weighted by Gasteiger charge is 2.25. The van der Waals surface area contributed by atoms with Crippen molar-refractivity contribution in [3.05, 3.63) is 87.4 Å². The quantitative estimate of drug-likeness (QED) is 0.155. The van der Waals surface area contributed by atoms with Gasteiger partial charge in [-0.1, -0.05) is 66.9 Å². The molecule has 8 nitrogen and oxygen atoms in total. The molecule has 0 aliphatic heterocycles. The normalized spacial score (nSPS) is 12.6. The van der Waals surface area contributed by atoms with Crippen LogP contribution in [0.5, 0.6) is 17.2 Å². The third kappa shape index (κ3) is 10.3. The molecule has 0 heterocycles. The number of rotatable bonds is 14. The lowest BCUT2D eigenvalue weighted by atomic mass is 10.0. The van der Waals surface area contributed by atoms with Gasteiger partial charge in [-0.25, -0.2) is 5.43 Å². The number of nitrogens with zero attached hydrogens (tertiary/aromatic N) is 1. The third-order valence-corrected chi connectivity index (χ3v) is 6.57. The average Bonchev–Trinajstić information content (AvgIpc) is 2.93. The molecule has 0 aromatic heterocycles. The first-order chi connectivity index (χ1) is 20.0. The first kappa shape index (κ1) is 32.8. The molecule has 0 saturated carbocycles. The fourth-order valence-electron chi connectivity index (χ4n) is 4.01. The Hall–Kier alpha value is -3.75. The van der Waals surface area contributed by atoms with E-state index >= 15 is 0 Å². The largest absolute Gasteiger partial charge is 0.490 e. The molecule has 3 aromatic rings. The summed E-state index contributed by atoms with van der Waals surface area (Å²) in [4.78, 5) is 25.8. The van der Waals surface area contributed by atoms with Crippen molar-refractivity contribution < 1.29 is 23.8 Å². The number of nitrogens with one attached hydrogen (secondary N) is 2. The molecule has 0 unspecified atom stereocenters. The van der Waals surface area contributed by atoms with E-state index in [0.717, 1.165) is 11.1 Å². The van der Waals surface area contributed by atoms with E-state index in [2.05, 4.69) is 21.9 Å². The van der Waals surface area contributed by atoms with Crippen molar-refractivity contribution >= 4 is 41.2 Å². The molecule has 3 rings (SSSR count). The molecule has 2 atom stereocenters. The molecule has 0 saturated heterocycles. The van der Waals surface area contributed by atoms with Gasteiger partial charge in [-0.05, 0) is 80.6 Å². The third-order valence-electron chi connectivity index (χ3n) is 6.04. The maximum absolute atomic E-state index is 13.0. The van der Waals surface area contributed by atoms with Crippen LogP contribution in [0.1, 0.15) is 50.8 Å². The van der Waals surface area contributed by atoms with Crippen LogP contribution < -0.4 is 25.0 Å². The van der Waals surface area contributed by atoms with Crippen molar-refractivity contribution in [3.63, 3.8) is 0 Å². The van der Waals surface area contributed by atoms with Gasteiger partial charge < -0.3 is 19.5 Å². The topological polar surface area (TPSA) is 98.2 Å². The van der Waals surface area contributed by atoms with E-state index in [4.69, 9.17) is 37.4 Å². The van der Waals surface area contributed by atoms with Gasteiger partial charge in [0, 0.05) is 5.02 Å². The van der Waals surface area contributed by atoms with E-state index in [1.54, 1.807) is 31.2 Å². The molecule has 3 aromatic carbocycles. The SMILES string of the molecule is CCOc1cc(/C=N\NC(=O)[C@H](CC(C)C)NC(=O)[C@@H](C)Oc2ccc(Cl)cc2Cl)ccc1OCc1cccc(C)c1. The van der Waals surface area contributed by atoms with E-state index in [1.807, 2.05) is 52.0 Å². The molecule has 42 heavy (non-hydrogen) atoms. The van der Waals surface area contributed by atoms with Crippen molar-refractivity contribution in [2.24, 2.45) is 11.0 Å². The summed E-state index contributed by atoms with van der Waals surface area (Å²) in [5.41, 5.74) is 5.45. The minimum absolute atomic E-state index is 0.132. The van der Waals surface area contributed by atoms with Crippen LogP contribution in [-0.2, 0) is 16.2 Å². The van der Waals surface area contributed by atoms with E-state index in [1.165, 1.54) is 12.3 Å². The zero-order valence-corrected chi connectivity index (χ0v) is 26.0. The summed E-state index contributed by atoms with van der Waals surface area (Å²) < 4.78 is 17.5. The number of carbonyl (C=O) groups excluding carboxylic acids is 2. The highest BCUT2D eigenvalue weighted by molar-refractivity contribution is 6.35. The van der Waals surface area contributed by atoms with Gasteiger partial charge in [-0.2, -0.15) is 5.10 Å². The molecule has 2 N–H and O–H groups in total. The monoisotopic (exact) mass is 613 g/mol. The molecule has 0 spiro atoms. The number of hydrogen-bond donors (Lipinski definition) is 2. The van der Waals surface area contributed by atoms with Crippen LogP contribution >= 0.6 is 23.2 Å². The Balaban J connectivity index is 1.62. The highest BCUT2D eigenvalue weighted by Crippen LogP contribution is 2.30. The van der Waals surface area contributed by atoms with E-state index in [9.17, 15) is 9.59 Å². The molecule has 0 aliphatic carbocycles. The summed E-state index contributed by atoms with van der Waals surface area (Å²) in [7, 11) is 0. The standard InChI is InChI=1S/C32H37Cl2N3O5/c1-6-40-30-16-23(10-12-29(30)41-19-24-9-7-8-21(4)15-24)18-35-37-32(39)27(14-20(2)3)36-31(38)22(5)42-28-13-11-25(33)17-26(28)34/h7-13,15-18,20,22,27H,6,14,19H2,1-5H3,(H,36,38)(H,37,39)/b35-18-/t22-,27+/m1/s1. The predicted octanol–water partition coefficient (Wildman–Crippen LogP) is 6.73. The molecule has 0 aliphatic rings. The second-order valence-corrected chi connectivity index (χ2v) is 11.0. The maximum Gasteiger partial charge on any atom is 0.262 e. The summed E-state index contributed by atoms with van der Waals surface area (Å²) in [5, 5.41) is 7.60. The van der Waals surface area contributed by atoms with Gasteiger partial charge in [0.15, 0.2) is 17.6 Å². The summed E-state index contributed by atoms with van der Waals surface area (Å²) in [6.45, 7) is 10.3. The molecular weight excluding hydrogens is 577 g/mol. The zero-order chi connectivity index (χ0) is 30.6. The van der Waals surface area contributed by atoms with E-state index in [-0.39, 0.29) is 10.9 Å². The molecule has 0 bridgehead atoms. The van der Waals surface area contributed by atoms with Gasteiger partial charge in [0.2, 0.25) is 0 Å². The fourth-order valence-corrected chi connectivity index (χ4v) is 4.46. The lowest BCUT2D eigenvalue weighted by Gasteiger charge is -2.22. The first-order valence-corrected chi connectivity index (χ1v) is 14.5. The number of hydrazone groups is 1. The molecule has 0 radical (unpaired) electrons. The van der Waals surface area contributed by atoms with Crippen molar-refractivity contribution in [2.75, 3.05) is 6.61 Å². The van der Waals surface area contributed by atoms with E-state index < -0.39 is 24.0 Å². The summed E-state index contributed by atoms with van der Waals surface area (Å²) >= 11 is 12.1. The summed E-state index contributed by atoms with van der Waals surface area (Å²) in [5.74, 6) is 0.710. The van der Waals surface area contributed by atoms with Gasteiger partial charge in [0.05, 0.1) is 17.8 Å². The van der Waals surface area contributed by atoms with E-state index in [0.29, 0.717) is 47.5 Å². The predicted molar refractivity (Wildman–Crippen MR) is 167 cm³/mol. The Bertz CT molecular complexity index is 1400. The molecule has 0 fully saturated rings. The van der Waals surface area contributed by atoms with Crippen molar-refractivity contribution in [2.45, 2.75) is 59.8 Å². The number of halogens is 2. The lowest BCUT2D eigenvalue weighted by molar-refractivity contribution is -0.132. The number of benzene rings is 3. The van der Waals surface area contributed by atoms with Crippen molar-refractivity contribution in [1.29, 1.82) is 0 Å². The van der Waals surface area contributed by atoms with Crippen LogP contribution in [0, 0.1) is 12.8 Å². The van der Waals surface area contributed by atoms with Gasteiger partial charge in [-0.15, -0.1) is 0 Å². The smallest absolute Gasteiger partial charge is 0.262 e. The fraction of sp³-hybridized carbons (Fsp3) is 0.344. The molecular formula is C32H37Cl2N3O5. The lowest BCUT2D eigenvalue weighted by Crippen LogP contribution is -2.49. The Morgan fingerprint density at radius 3 is 2.38 bits per heavy atom. The van der Waals surface area contributed by atoms with Gasteiger partial charge >= 0.3 is 0 Å². The Kier molecular flexibility index (Phi) is 12.5. The van der Waals surface area contributed by atoms with Crippen LogP contribution in [0.15, 0.2) is 65.8 Å². The summed E-state index contributed by atoms with van der Waals surface area (Å²) in [6.07, 6.45) is 1.01. The van der Waals surface area contributed by atoms with Crippen molar-refractivity contribution in [3.8, 4) is 17.2 Å². The van der Waals surface area contributed by atoms with Crippen molar-refractivity contribution in [1.82, 2.24) is 10.7 Å². The van der Waals surface area contributed by atoms with Crippen LogP contribution in [0.4, 0.5) is 0 Å². The molecule has 2 amide bonds. The van der Waals surface area contributed by atoms with Crippen LogP contribution in [-0.4, -0.2) is 36.8 Å². The second-order valence-electron chi connectivity index (χ2n) is 10.2. The number of amides is 2. The van der Waals surface area contributed by atoms with Crippen LogP contribution in [0.25, 0.3) is 0 Å². The highest BCUT2D eigenvalue weighted by atomic mass is 35.5. The minimum atomic E-state index is -0.904. The molecule has 224 valence electrons. The second kappa shape index (κ2) is 16.0. The van der Waals surface area contributed by atoms with Crippen LogP contribution in [0.3, 0.4) is 0 Å². The Labute approximate surface area is 257 Å². The first-order valence-electron chi connectivity index (χ1n) is 13.8. The molecule has 10 heteroatoms. The Morgan fingerprint density at radius 1 is 0.929 bits per heavy atom. The summed E-state index contributed by atoms with van der Waals surface area (Å²) in [6, 6.07) is 17.4. The number of aryl methyl sites for hydroxylation is 1. The number of hydrogen-bond acceptors (Lipinski definition) is 6. The Morgan fingerprint density at radius 2 is 1.69 bits per heavy atom. The minimum Gasteiger partial charge on any atom is -0.490 e. The number of ether oxygens (including phenoxy) is 3. The van der Waals surface area contributed by atoms with Gasteiger partial charge in [-0.3, -0.25) is 9.59 Å². The average molecular weight is 615 g/mol. The van der Waals surface area contributed by atoms with Gasteiger partial charge in [0.25, 0.3) is 11.8 Å². The number of carbonyl (C=O) groups is 2. The van der Waals surface area contributed by atoms with Gasteiger partial charge in [0.1, 0.15) is 18.4 Å². The zero-order valence-electron chi connectivity index (χ0n) is 24.4. The van der Waals surface area contributed by atoms with Crippen LogP contribution in [0.2, 0.25) is 10.0 Å². The maximum atomic E-state index is 13.0.